The van der Waals surface area contributed by atoms with Gasteiger partial charge in [-0.15, -0.1) is 11.3 Å². The van der Waals surface area contributed by atoms with E-state index in [1.807, 2.05) is 12.1 Å². The molecule has 0 radical (unpaired) electrons. The number of aromatic nitrogens is 1. The summed E-state index contributed by atoms with van der Waals surface area (Å²) in [4.78, 5) is 5.22. The topological polar surface area (TPSA) is 45.9 Å². The van der Waals surface area contributed by atoms with Gasteiger partial charge >= 0.3 is 0 Å². The van der Waals surface area contributed by atoms with Gasteiger partial charge in [0, 0.05) is 0 Å². The van der Waals surface area contributed by atoms with Crippen LogP contribution in [-0.2, 0) is 13.0 Å². The minimum absolute atomic E-state index is 0.421. The Morgan fingerprint density at radius 2 is 2.00 bits per heavy atom. The molecule has 0 unspecified atom stereocenters. The summed E-state index contributed by atoms with van der Waals surface area (Å²) in [6.45, 7) is 6.85. The van der Waals surface area contributed by atoms with Crippen LogP contribution in [0.2, 0.25) is 0 Å². The first kappa shape index (κ1) is 15.5. The molecular weight excluding hydrogens is 280 g/mol. The van der Waals surface area contributed by atoms with Gasteiger partial charge < -0.3 is 4.74 Å². The van der Waals surface area contributed by atoms with Crippen LogP contribution in [0.25, 0.3) is 0 Å². The lowest BCUT2D eigenvalue weighted by atomic mass is 10.0. The number of ether oxygens (including phenoxy) is 1. The molecule has 0 amide bonds. The average Bonchev–Trinajstić information content (AvgIpc) is 2.88. The first-order valence-corrected chi connectivity index (χ1v) is 8.07. The maximum Gasteiger partial charge on any atom is 0.140 e. The second kappa shape index (κ2) is 7.24. The van der Waals surface area contributed by atoms with Crippen molar-refractivity contribution >= 4 is 11.3 Å². The van der Waals surface area contributed by atoms with E-state index in [-0.39, 0.29) is 0 Å². The van der Waals surface area contributed by atoms with E-state index >= 15 is 0 Å². The van der Waals surface area contributed by atoms with Crippen LogP contribution in [0.5, 0.6) is 5.75 Å². The summed E-state index contributed by atoms with van der Waals surface area (Å²) in [6, 6.07) is 10.4. The third-order valence-corrected chi connectivity index (χ3v) is 4.21. The van der Waals surface area contributed by atoms with E-state index in [4.69, 9.17) is 10.00 Å². The average molecular weight is 300 g/mol. The van der Waals surface area contributed by atoms with Crippen LogP contribution in [0.1, 0.15) is 54.3 Å². The van der Waals surface area contributed by atoms with Gasteiger partial charge in [-0.1, -0.05) is 39.3 Å². The summed E-state index contributed by atoms with van der Waals surface area (Å²) in [6.07, 6.45) is 1.85. The van der Waals surface area contributed by atoms with Crippen molar-refractivity contribution in [3.8, 4) is 11.8 Å². The standard InChI is InChI=1S/C17H20N2OS/c1-4-5-15-16(10-18)21-17(19-15)11-20-14-8-6-13(7-9-14)12(2)3/h6-9,12H,4-5,11H2,1-3H3. The summed E-state index contributed by atoms with van der Waals surface area (Å²) < 4.78 is 5.76. The molecule has 2 aromatic rings. The number of hydrogen-bond donors (Lipinski definition) is 0. The Balaban J connectivity index is 2.01. The molecule has 0 aliphatic heterocycles. The van der Waals surface area contributed by atoms with Crippen molar-refractivity contribution in [2.45, 2.75) is 46.1 Å². The Labute approximate surface area is 130 Å². The molecule has 0 aliphatic rings. The predicted octanol–water partition coefficient (Wildman–Crippen LogP) is 4.67. The molecule has 110 valence electrons. The minimum Gasteiger partial charge on any atom is -0.486 e. The van der Waals surface area contributed by atoms with Gasteiger partial charge in [-0.25, -0.2) is 4.98 Å². The third-order valence-electron chi connectivity index (χ3n) is 3.24. The quantitative estimate of drug-likeness (QED) is 0.778. The predicted molar refractivity (Wildman–Crippen MR) is 85.7 cm³/mol. The van der Waals surface area contributed by atoms with E-state index in [0.717, 1.165) is 29.3 Å². The summed E-state index contributed by atoms with van der Waals surface area (Å²) in [7, 11) is 0. The molecule has 1 heterocycles. The van der Waals surface area contributed by atoms with E-state index in [9.17, 15) is 0 Å². The second-order valence-electron chi connectivity index (χ2n) is 5.26. The van der Waals surface area contributed by atoms with Gasteiger partial charge in [0.25, 0.3) is 0 Å². The maximum atomic E-state index is 9.11. The number of nitriles is 1. The molecule has 1 aromatic carbocycles. The van der Waals surface area contributed by atoms with E-state index in [1.54, 1.807) is 0 Å². The van der Waals surface area contributed by atoms with Gasteiger partial charge in [0.2, 0.25) is 0 Å². The number of thiazole rings is 1. The van der Waals surface area contributed by atoms with Gasteiger partial charge in [-0.05, 0) is 30.0 Å². The summed E-state index contributed by atoms with van der Waals surface area (Å²) in [5, 5.41) is 9.97. The normalized spacial score (nSPS) is 10.6. The van der Waals surface area contributed by atoms with Gasteiger partial charge in [0.1, 0.15) is 28.3 Å². The van der Waals surface area contributed by atoms with E-state index in [0.29, 0.717) is 17.4 Å². The monoisotopic (exact) mass is 300 g/mol. The molecule has 0 bridgehead atoms. The highest BCUT2D eigenvalue weighted by Gasteiger charge is 2.10. The van der Waals surface area contributed by atoms with Gasteiger partial charge in [0.05, 0.1) is 5.69 Å². The Kier molecular flexibility index (Phi) is 5.35. The molecule has 2 rings (SSSR count). The van der Waals surface area contributed by atoms with Crippen LogP contribution in [0.4, 0.5) is 0 Å². The molecule has 0 saturated heterocycles. The van der Waals surface area contributed by atoms with Crippen LogP contribution in [0.15, 0.2) is 24.3 Å². The van der Waals surface area contributed by atoms with Crippen molar-refractivity contribution < 1.29 is 4.74 Å². The fourth-order valence-corrected chi connectivity index (χ4v) is 2.87. The van der Waals surface area contributed by atoms with Crippen LogP contribution >= 0.6 is 11.3 Å². The lowest BCUT2D eigenvalue weighted by Gasteiger charge is -2.07. The highest BCUT2D eigenvalue weighted by atomic mass is 32.1. The van der Waals surface area contributed by atoms with E-state index in [1.165, 1.54) is 16.9 Å². The lowest BCUT2D eigenvalue weighted by Crippen LogP contribution is -1.96. The zero-order valence-corrected chi connectivity index (χ0v) is 13.5. The molecule has 0 fully saturated rings. The molecule has 3 nitrogen and oxygen atoms in total. The molecule has 0 saturated carbocycles. The van der Waals surface area contributed by atoms with Crippen molar-refractivity contribution in [1.82, 2.24) is 4.98 Å². The zero-order chi connectivity index (χ0) is 15.2. The molecule has 0 atom stereocenters. The lowest BCUT2D eigenvalue weighted by molar-refractivity contribution is 0.305. The summed E-state index contributed by atoms with van der Waals surface area (Å²) in [5.41, 5.74) is 2.20. The Bertz CT molecular complexity index is 623. The SMILES string of the molecule is CCCc1nc(COc2ccc(C(C)C)cc2)sc1C#N. The Morgan fingerprint density at radius 1 is 1.29 bits per heavy atom. The van der Waals surface area contributed by atoms with Gasteiger partial charge in [-0.2, -0.15) is 5.26 Å². The van der Waals surface area contributed by atoms with E-state index < -0.39 is 0 Å². The number of nitrogens with zero attached hydrogens (tertiary/aromatic N) is 2. The summed E-state index contributed by atoms with van der Waals surface area (Å²) in [5.74, 6) is 1.36. The largest absolute Gasteiger partial charge is 0.486 e. The van der Waals surface area contributed by atoms with Crippen LogP contribution < -0.4 is 4.74 Å². The fourth-order valence-electron chi connectivity index (χ4n) is 2.05. The fraction of sp³-hybridized carbons (Fsp3) is 0.412. The van der Waals surface area contributed by atoms with Crippen molar-refractivity contribution in [1.29, 1.82) is 5.26 Å². The smallest absolute Gasteiger partial charge is 0.140 e. The minimum atomic E-state index is 0.421. The number of benzene rings is 1. The van der Waals surface area contributed by atoms with Gasteiger partial charge in [-0.3, -0.25) is 0 Å². The number of hydrogen-bond acceptors (Lipinski definition) is 4. The van der Waals surface area contributed by atoms with Crippen LogP contribution in [0.3, 0.4) is 0 Å². The Hall–Kier alpha value is -1.86. The maximum absolute atomic E-state index is 9.11. The highest BCUT2D eigenvalue weighted by Crippen LogP contribution is 2.22. The Morgan fingerprint density at radius 3 is 2.57 bits per heavy atom. The van der Waals surface area contributed by atoms with Crippen molar-refractivity contribution in [3.63, 3.8) is 0 Å². The van der Waals surface area contributed by atoms with Gasteiger partial charge in [0.15, 0.2) is 0 Å². The second-order valence-corrected chi connectivity index (χ2v) is 6.34. The molecule has 0 spiro atoms. The third kappa shape index (κ3) is 4.05. The van der Waals surface area contributed by atoms with Crippen molar-refractivity contribution in [2.75, 3.05) is 0 Å². The molecule has 21 heavy (non-hydrogen) atoms. The first-order valence-electron chi connectivity index (χ1n) is 7.25. The molecule has 1 aromatic heterocycles. The molecule has 4 heteroatoms. The zero-order valence-electron chi connectivity index (χ0n) is 12.7. The number of aryl methyl sites for hydroxylation is 1. The molecular formula is C17H20N2OS. The van der Waals surface area contributed by atoms with Crippen LogP contribution in [0, 0.1) is 11.3 Å². The molecule has 0 N–H and O–H groups in total. The van der Waals surface area contributed by atoms with Crippen molar-refractivity contribution in [2.24, 2.45) is 0 Å². The first-order chi connectivity index (χ1) is 10.1. The number of rotatable bonds is 6. The van der Waals surface area contributed by atoms with E-state index in [2.05, 4.69) is 44.0 Å². The molecule has 0 aliphatic carbocycles. The summed E-state index contributed by atoms with van der Waals surface area (Å²) >= 11 is 1.43. The van der Waals surface area contributed by atoms with Crippen molar-refractivity contribution in [3.05, 3.63) is 45.4 Å². The van der Waals surface area contributed by atoms with Crippen LogP contribution in [-0.4, -0.2) is 4.98 Å². The highest BCUT2D eigenvalue weighted by molar-refractivity contribution is 7.12.